The van der Waals surface area contributed by atoms with Gasteiger partial charge in [-0.1, -0.05) is 17.7 Å². The molecule has 66 valence electrons. The van der Waals surface area contributed by atoms with Crippen molar-refractivity contribution in [3.05, 3.63) is 43.7 Å². The van der Waals surface area contributed by atoms with E-state index in [1.54, 1.807) is 6.07 Å². The van der Waals surface area contributed by atoms with E-state index in [0.29, 0.717) is 9.90 Å². The highest BCUT2D eigenvalue weighted by Gasteiger charge is 2.14. The Morgan fingerprint density at radius 2 is 2.08 bits per heavy atom. The Balaban J connectivity index is 2.39. The lowest BCUT2D eigenvalue weighted by molar-refractivity contribution is 0.104. The third kappa shape index (κ3) is 1.68. The number of rotatable bonds is 2. The van der Waals surface area contributed by atoms with E-state index in [4.69, 9.17) is 11.6 Å². The molecule has 0 spiro atoms. The topological polar surface area (TPSA) is 17.1 Å². The van der Waals surface area contributed by atoms with Gasteiger partial charge in [0.2, 0.25) is 5.78 Å². The van der Waals surface area contributed by atoms with E-state index in [1.807, 2.05) is 22.9 Å². The number of halogens is 1. The summed E-state index contributed by atoms with van der Waals surface area (Å²) >= 11 is 8.66. The molecule has 0 aliphatic rings. The molecule has 1 nitrogen and oxygen atoms in total. The van der Waals surface area contributed by atoms with Crippen LogP contribution in [0.4, 0.5) is 0 Å². The third-order valence-corrected chi connectivity index (χ3v) is 3.78. The van der Waals surface area contributed by atoms with Crippen molar-refractivity contribution >= 4 is 40.1 Å². The molecule has 2 heterocycles. The number of thiophene rings is 2. The van der Waals surface area contributed by atoms with Crippen molar-refractivity contribution in [2.75, 3.05) is 0 Å². The average Bonchev–Trinajstić information content (AvgIpc) is 2.72. The van der Waals surface area contributed by atoms with Crippen LogP contribution in [0.15, 0.2) is 29.0 Å². The molecule has 0 radical (unpaired) electrons. The van der Waals surface area contributed by atoms with E-state index in [9.17, 15) is 4.79 Å². The first-order chi connectivity index (χ1) is 6.29. The summed E-state index contributed by atoms with van der Waals surface area (Å²) in [5.41, 5.74) is 0. The quantitative estimate of drug-likeness (QED) is 0.717. The highest BCUT2D eigenvalue weighted by Crippen LogP contribution is 2.26. The monoisotopic (exact) mass is 228 g/mol. The predicted molar refractivity (Wildman–Crippen MR) is 57.1 cm³/mol. The maximum atomic E-state index is 11.7. The van der Waals surface area contributed by atoms with Crippen LogP contribution >= 0.6 is 34.3 Å². The molecular weight excluding hydrogens is 224 g/mol. The molecule has 13 heavy (non-hydrogen) atoms. The zero-order valence-corrected chi connectivity index (χ0v) is 8.88. The van der Waals surface area contributed by atoms with Crippen LogP contribution < -0.4 is 0 Å². The van der Waals surface area contributed by atoms with Gasteiger partial charge >= 0.3 is 0 Å². The SMILES string of the molecule is O=C(c1cccs1)c1sccc1Cl. The summed E-state index contributed by atoms with van der Waals surface area (Å²) in [5.74, 6) is 0.0231. The van der Waals surface area contributed by atoms with E-state index in [2.05, 4.69) is 0 Å². The van der Waals surface area contributed by atoms with Gasteiger partial charge in [0, 0.05) is 0 Å². The lowest BCUT2D eigenvalue weighted by atomic mass is 10.3. The Kier molecular flexibility index (Phi) is 2.49. The second-order valence-corrected chi connectivity index (χ2v) is 4.68. The van der Waals surface area contributed by atoms with Crippen LogP contribution in [0.25, 0.3) is 0 Å². The number of ketones is 1. The molecule has 0 amide bonds. The number of carbonyl (C=O) groups is 1. The Labute approximate surface area is 88.6 Å². The van der Waals surface area contributed by atoms with Crippen LogP contribution in [-0.2, 0) is 0 Å². The first-order valence-corrected chi connectivity index (χ1v) is 5.74. The minimum Gasteiger partial charge on any atom is -0.287 e. The zero-order chi connectivity index (χ0) is 9.26. The van der Waals surface area contributed by atoms with Gasteiger partial charge in [-0.05, 0) is 22.9 Å². The van der Waals surface area contributed by atoms with Crippen LogP contribution in [0.1, 0.15) is 14.5 Å². The largest absolute Gasteiger partial charge is 0.287 e. The van der Waals surface area contributed by atoms with Gasteiger partial charge in [0.05, 0.1) is 14.8 Å². The van der Waals surface area contributed by atoms with Gasteiger partial charge in [-0.15, -0.1) is 22.7 Å². The third-order valence-electron chi connectivity index (χ3n) is 1.57. The van der Waals surface area contributed by atoms with Gasteiger partial charge in [0.25, 0.3) is 0 Å². The van der Waals surface area contributed by atoms with Crippen LogP contribution in [0.2, 0.25) is 5.02 Å². The molecule has 0 fully saturated rings. The van der Waals surface area contributed by atoms with Crippen molar-refractivity contribution in [1.29, 1.82) is 0 Å². The first-order valence-electron chi connectivity index (χ1n) is 3.60. The summed E-state index contributed by atoms with van der Waals surface area (Å²) in [4.78, 5) is 13.1. The van der Waals surface area contributed by atoms with Gasteiger partial charge in [-0.3, -0.25) is 4.79 Å². The molecule has 0 saturated heterocycles. The highest BCUT2D eigenvalue weighted by molar-refractivity contribution is 7.16. The van der Waals surface area contributed by atoms with Crippen molar-refractivity contribution in [1.82, 2.24) is 0 Å². The fourth-order valence-corrected chi connectivity index (χ4v) is 2.80. The first kappa shape index (κ1) is 8.94. The van der Waals surface area contributed by atoms with Crippen molar-refractivity contribution in [3.8, 4) is 0 Å². The molecule has 0 aromatic carbocycles. The van der Waals surface area contributed by atoms with Crippen LogP contribution in [-0.4, -0.2) is 5.78 Å². The van der Waals surface area contributed by atoms with Crippen molar-refractivity contribution in [3.63, 3.8) is 0 Å². The van der Waals surface area contributed by atoms with Crippen molar-refractivity contribution in [2.45, 2.75) is 0 Å². The molecule has 0 saturated carbocycles. The zero-order valence-electron chi connectivity index (χ0n) is 6.49. The van der Waals surface area contributed by atoms with Crippen molar-refractivity contribution in [2.24, 2.45) is 0 Å². The Hall–Kier alpha value is -0.640. The van der Waals surface area contributed by atoms with Gasteiger partial charge < -0.3 is 0 Å². The average molecular weight is 229 g/mol. The van der Waals surface area contributed by atoms with Gasteiger partial charge in [-0.2, -0.15) is 0 Å². The lowest BCUT2D eigenvalue weighted by Crippen LogP contribution is -1.94. The van der Waals surface area contributed by atoms with Crippen LogP contribution in [0.5, 0.6) is 0 Å². The summed E-state index contributed by atoms with van der Waals surface area (Å²) in [6.45, 7) is 0. The van der Waals surface area contributed by atoms with Gasteiger partial charge in [0.1, 0.15) is 0 Å². The van der Waals surface area contributed by atoms with E-state index >= 15 is 0 Å². The Morgan fingerprint density at radius 3 is 2.62 bits per heavy atom. The summed E-state index contributed by atoms with van der Waals surface area (Å²) in [6, 6.07) is 5.41. The summed E-state index contributed by atoms with van der Waals surface area (Å²) < 4.78 is 0. The van der Waals surface area contributed by atoms with E-state index < -0.39 is 0 Å². The fraction of sp³-hybridized carbons (Fsp3) is 0. The minimum absolute atomic E-state index is 0.0231. The molecule has 0 bridgehead atoms. The number of hydrogen-bond acceptors (Lipinski definition) is 3. The molecular formula is C9H5ClOS2. The Bertz CT molecular complexity index is 417. The van der Waals surface area contributed by atoms with Crippen molar-refractivity contribution < 1.29 is 4.79 Å². The smallest absolute Gasteiger partial charge is 0.214 e. The van der Waals surface area contributed by atoms with E-state index in [0.717, 1.165) is 4.88 Å². The predicted octanol–water partition coefficient (Wildman–Crippen LogP) is 3.69. The molecule has 2 aromatic rings. The lowest BCUT2D eigenvalue weighted by Gasteiger charge is -1.92. The summed E-state index contributed by atoms with van der Waals surface area (Å²) in [6.07, 6.45) is 0. The van der Waals surface area contributed by atoms with Gasteiger partial charge in [0.15, 0.2) is 0 Å². The minimum atomic E-state index is 0.0231. The van der Waals surface area contributed by atoms with Crippen LogP contribution in [0.3, 0.4) is 0 Å². The molecule has 0 unspecified atom stereocenters. The molecule has 0 atom stereocenters. The highest BCUT2D eigenvalue weighted by atomic mass is 35.5. The number of carbonyl (C=O) groups excluding carboxylic acids is 1. The second-order valence-electron chi connectivity index (χ2n) is 2.40. The van der Waals surface area contributed by atoms with Gasteiger partial charge in [-0.25, -0.2) is 0 Å². The second kappa shape index (κ2) is 3.62. The van der Waals surface area contributed by atoms with Crippen LogP contribution in [0, 0.1) is 0 Å². The number of hydrogen-bond donors (Lipinski definition) is 0. The summed E-state index contributed by atoms with van der Waals surface area (Å²) in [7, 11) is 0. The van der Waals surface area contributed by atoms with E-state index in [1.165, 1.54) is 22.7 Å². The molecule has 2 rings (SSSR count). The maximum Gasteiger partial charge on any atom is 0.214 e. The summed E-state index contributed by atoms with van der Waals surface area (Å²) in [5, 5.41) is 4.25. The maximum absolute atomic E-state index is 11.7. The fourth-order valence-electron chi connectivity index (χ4n) is 0.975. The molecule has 4 heteroatoms. The molecule has 2 aromatic heterocycles. The standard InChI is InChI=1S/C9H5ClOS2/c10-6-3-5-13-9(6)8(11)7-2-1-4-12-7/h1-5H. The Morgan fingerprint density at radius 1 is 1.23 bits per heavy atom. The molecule has 0 aliphatic heterocycles. The van der Waals surface area contributed by atoms with E-state index in [-0.39, 0.29) is 5.78 Å². The molecule has 0 aliphatic carbocycles. The normalized spacial score (nSPS) is 10.2. The molecule has 0 N–H and O–H groups in total.